The number of benzene rings is 1. The third kappa shape index (κ3) is 5.70. The molecule has 1 rings (SSSR count). The Morgan fingerprint density at radius 1 is 1.24 bits per heavy atom. The smallest absolute Gasteiger partial charge is 0.246 e. The van der Waals surface area contributed by atoms with Crippen LogP contribution in [0.1, 0.15) is 32.3 Å². The van der Waals surface area contributed by atoms with Crippen LogP contribution >= 0.6 is 23.2 Å². The molecule has 0 saturated carbocycles. The normalized spacial score (nSPS) is 11.3. The van der Waals surface area contributed by atoms with Gasteiger partial charge in [0.1, 0.15) is 0 Å². The Bertz CT molecular complexity index is 479. The van der Waals surface area contributed by atoms with Gasteiger partial charge in [0.2, 0.25) is 5.91 Å². The molecule has 3 nitrogen and oxygen atoms in total. The molecule has 1 N–H and O–H groups in total. The molecule has 5 heteroatoms. The zero-order valence-electron chi connectivity index (χ0n) is 12.4. The van der Waals surface area contributed by atoms with Crippen molar-refractivity contribution in [2.45, 2.75) is 32.7 Å². The van der Waals surface area contributed by atoms with Gasteiger partial charge in [-0.15, -0.1) is 0 Å². The van der Waals surface area contributed by atoms with Gasteiger partial charge in [0.25, 0.3) is 0 Å². The summed E-state index contributed by atoms with van der Waals surface area (Å²) in [6, 6.07) is 5.26. The lowest BCUT2D eigenvalue weighted by Gasteiger charge is -2.29. The molecular formula is C16H21Cl2NO2. The Balaban J connectivity index is 2.87. The van der Waals surface area contributed by atoms with Crippen LogP contribution in [-0.2, 0) is 4.79 Å². The van der Waals surface area contributed by atoms with Crippen molar-refractivity contribution in [1.29, 1.82) is 0 Å². The number of amides is 1. The van der Waals surface area contributed by atoms with Gasteiger partial charge in [0, 0.05) is 28.7 Å². The van der Waals surface area contributed by atoms with E-state index in [1.54, 1.807) is 29.2 Å². The maximum Gasteiger partial charge on any atom is 0.246 e. The van der Waals surface area contributed by atoms with Crippen LogP contribution in [0.2, 0.25) is 10.0 Å². The first-order valence-corrected chi connectivity index (χ1v) is 7.83. The van der Waals surface area contributed by atoms with E-state index in [1.807, 2.05) is 13.8 Å². The molecule has 0 bridgehead atoms. The van der Waals surface area contributed by atoms with Crippen LogP contribution in [0.3, 0.4) is 0 Å². The van der Waals surface area contributed by atoms with Gasteiger partial charge in [0.05, 0.1) is 6.61 Å². The van der Waals surface area contributed by atoms with Crippen LogP contribution < -0.4 is 0 Å². The van der Waals surface area contributed by atoms with Crippen molar-refractivity contribution in [3.63, 3.8) is 0 Å². The maximum absolute atomic E-state index is 12.3. The van der Waals surface area contributed by atoms with E-state index in [9.17, 15) is 4.79 Å². The Morgan fingerprint density at radius 3 is 2.29 bits per heavy atom. The number of nitrogens with zero attached hydrogens (tertiary/aromatic N) is 1. The SMILES string of the molecule is CCC(CC)N(CCO)C(=O)C=Cc1cc(Cl)cc(Cl)c1. The van der Waals surface area contributed by atoms with E-state index in [4.69, 9.17) is 28.3 Å². The molecule has 0 aliphatic rings. The zero-order valence-corrected chi connectivity index (χ0v) is 13.9. The second-order valence-electron chi connectivity index (χ2n) is 4.76. The number of hydrogen-bond donors (Lipinski definition) is 1. The van der Waals surface area contributed by atoms with Crippen molar-refractivity contribution in [3.8, 4) is 0 Å². The van der Waals surface area contributed by atoms with Crippen molar-refractivity contribution >= 4 is 35.2 Å². The van der Waals surface area contributed by atoms with Crippen molar-refractivity contribution in [3.05, 3.63) is 39.9 Å². The predicted molar refractivity (Wildman–Crippen MR) is 88.7 cm³/mol. The summed E-state index contributed by atoms with van der Waals surface area (Å²) in [7, 11) is 0. The molecule has 21 heavy (non-hydrogen) atoms. The van der Waals surface area contributed by atoms with E-state index in [0.717, 1.165) is 18.4 Å². The zero-order chi connectivity index (χ0) is 15.8. The molecule has 0 aromatic heterocycles. The fourth-order valence-electron chi connectivity index (χ4n) is 2.24. The summed E-state index contributed by atoms with van der Waals surface area (Å²) in [6.45, 7) is 4.36. The lowest BCUT2D eigenvalue weighted by molar-refractivity contribution is -0.128. The van der Waals surface area contributed by atoms with Crippen molar-refractivity contribution in [2.75, 3.05) is 13.2 Å². The standard InChI is InChI=1S/C16H21Cl2NO2/c1-3-15(4-2)19(7-8-20)16(21)6-5-12-9-13(17)11-14(18)10-12/h5-6,9-11,15,20H,3-4,7-8H2,1-2H3. The van der Waals surface area contributed by atoms with E-state index in [1.165, 1.54) is 6.08 Å². The Labute approximate surface area is 136 Å². The first-order valence-electron chi connectivity index (χ1n) is 7.07. The van der Waals surface area contributed by atoms with Crippen LogP contribution in [0, 0.1) is 0 Å². The molecule has 0 aliphatic carbocycles. The summed E-state index contributed by atoms with van der Waals surface area (Å²) in [6.07, 6.45) is 4.90. The monoisotopic (exact) mass is 329 g/mol. The topological polar surface area (TPSA) is 40.5 Å². The molecule has 0 fully saturated rings. The summed E-state index contributed by atoms with van der Waals surface area (Å²) in [4.78, 5) is 14.0. The summed E-state index contributed by atoms with van der Waals surface area (Å²) in [5, 5.41) is 10.2. The second kappa shape index (κ2) is 9.08. The first-order chi connectivity index (χ1) is 10.0. The van der Waals surface area contributed by atoms with E-state index in [-0.39, 0.29) is 18.6 Å². The van der Waals surface area contributed by atoms with Crippen LogP contribution in [0.15, 0.2) is 24.3 Å². The fourth-order valence-corrected chi connectivity index (χ4v) is 2.79. The lowest BCUT2D eigenvalue weighted by atomic mass is 10.1. The molecule has 0 heterocycles. The molecule has 0 radical (unpaired) electrons. The van der Waals surface area contributed by atoms with Gasteiger partial charge in [-0.05, 0) is 42.7 Å². The number of carbonyl (C=O) groups is 1. The summed E-state index contributed by atoms with van der Waals surface area (Å²) in [5.41, 5.74) is 0.773. The molecule has 1 amide bonds. The number of hydrogen-bond acceptors (Lipinski definition) is 2. The summed E-state index contributed by atoms with van der Waals surface area (Å²) < 4.78 is 0. The predicted octanol–water partition coefficient (Wildman–Crippen LogP) is 4.02. The molecule has 0 saturated heterocycles. The number of aliphatic hydroxyl groups is 1. The highest BCUT2D eigenvalue weighted by atomic mass is 35.5. The van der Waals surface area contributed by atoms with Crippen LogP contribution in [0.5, 0.6) is 0 Å². The molecule has 116 valence electrons. The van der Waals surface area contributed by atoms with Crippen LogP contribution in [0.4, 0.5) is 0 Å². The molecule has 0 spiro atoms. The average Bonchev–Trinajstić information content (AvgIpc) is 2.44. The number of rotatable bonds is 7. The minimum Gasteiger partial charge on any atom is -0.395 e. The van der Waals surface area contributed by atoms with Crippen molar-refractivity contribution < 1.29 is 9.90 Å². The van der Waals surface area contributed by atoms with E-state index in [2.05, 4.69) is 0 Å². The largest absolute Gasteiger partial charge is 0.395 e. The first kappa shape index (κ1) is 18.0. The average molecular weight is 330 g/mol. The summed E-state index contributed by atoms with van der Waals surface area (Å²) >= 11 is 11.9. The van der Waals surface area contributed by atoms with Gasteiger partial charge >= 0.3 is 0 Å². The molecular weight excluding hydrogens is 309 g/mol. The van der Waals surface area contributed by atoms with Gasteiger partial charge < -0.3 is 10.0 Å². The third-order valence-corrected chi connectivity index (χ3v) is 3.75. The number of aliphatic hydroxyl groups excluding tert-OH is 1. The number of halogens is 2. The highest BCUT2D eigenvalue weighted by Crippen LogP contribution is 2.20. The van der Waals surface area contributed by atoms with Gasteiger partial charge in [-0.2, -0.15) is 0 Å². The van der Waals surface area contributed by atoms with Crippen LogP contribution in [-0.4, -0.2) is 35.1 Å². The minimum absolute atomic E-state index is 0.0426. The molecule has 0 unspecified atom stereocenters. The molecule has 0 aliphatic heterocycles. The van der Waals surface area contributed by atoms with E-state index < -0.39 is 0 Å². The Morgan fingerprint density at radius 2 is 1.81 bits per heavy atom. The quantitative estimate of drug-likeness (QED) is 0.767. The molecule has 1 aromatic rings. The third-order valence-electron chi connectivity index (χ3n) is 3.31. The molecule has 0 atom stereocenters. The Hall–Kier alpha value is -1.03. The second-order valence-corrected chi connectivity index (χ2v) is 5.63. The van der Waals surface area contributed by atoms with Gasteiger partial charge in [0.15, 0.2) is 0 Å². The minimum atomic E-state index is -0.117. The van der Waals surface area contributed by atoms with Gasteiger partial charge in [-0.3, -0.25) is 4.79 Å². The van der Waals surface area contributed by atoms with Crippen molar-refractivity contribution in [2.24, 2.45) is 0 Å². The highest BCUT2D eigenvalue weighted by molar-refractivity contribution is 6.34. The Kier molecular flexibility index (Phi) is 7.79. The highest BCUT2D eigenvalue weighted by Gasteiger charge is 2.18. The lowest BCUT2D eigenvalue weighted by Crippen LogP contribution is -2.40. The fraction of sp³-hybridized carbons (Fsp3) is 0.438. The maximum atomic E-state index is 12.3. The van der Waals surface area contributed by atoms with Gasteiger partial charge in [-0.1, -0.05) is 37.0 Å². The van der Waals surface area contributed by atoms with Crippen molar-refractivity contribution in [1.82, 2.24) is 4.90 Å². The van der Waals surface area contributed by atoms with E-state index >= 15 is 0 Å². The van der Waals surface area contributed by atoms with E-state index in [0.29, 0.717) is 16.6 Å². The molecule has 1 aromatic carbocycles. The summed E-state index contributed by atoms with van der Waals surface area (Å²) in [5.74, 6) is -0.117. The van der Waals surface area contributed by atoms with Gasteiger partial charge in [-0.25, -0.2) is 0 Å². The van der Waals surface area contributed by atoms with Crippen LogP contribution in [0.25, 0.3) is 6.08 Å². The number of carbonyl (C=O) groups excluding carboxylic acids is 1.